The van der Waals surface area contributed by atoms with E-state index in [2.05, 4.69) is 9.88 Å². The molecule has 4 rings (SSSR count). The van der Waals surface area contributed by atoms with Crippen molar-refractivity contribution in [3.63, 3.8) is 0 Å². The van der Waals surface area contributed by atoms with Gasteiger partial charge in [-0.15, -0.1) is 0 Å². The van der Waals surface area contributed by atoms with Crippen LogP contribution in [0.2, 0.25) is 0 Å². The number of Topliss-reactive ketones (excluding diaryl/α,β-unsaturated/α-hetero) is 1. The van der Waals surface area contributed by atoms with Crippen molar-refractivity contribution in [2.24, 2.45) is 0 Å². The third-order valence-corrected chi connectivity index (χ3v) is 5.69. The molecular weight excluding hydrogens is 350 g/mol. The Balaban J connectivity index is 1.45. The second-order valence-electron chi connectivity index (χ2n) is 7.41. The summed E-state index contributed by atoms with van der Waals surface area (Å²) in [5, 5.41) is 0.981. The van der Waals surface area contributed by atoms with Gasteiger partial charge in [-0.1, -0.05) is 36.4 Å². The standard InChI is InChI=1S/C23H25N3O2/c1-16-21(19-10-6-7-11-20(19)24-16)22(27)17(2)25-12-14-26(15-13-25)23(28)18-8-4-3-5-9-18/h3-11,17,24H,12-15H2,1-2H3. The highest BCUT2D eigenvalue weighted by Gasteiger charge is 2.30. The minimum Gasteiger partial charge on any atom is -0.358 e. The number of piperazine rings is 1. The number of carbonyl (C=O) groups is 2. The van der Waals surface area contributed by atoms with E-state index >= 15 is 0 Å². The van der Waals surface area contributed by atoms with Crippen LogP contribution in [0.3, 0.4) is 0 Å². The van der Waals surface area contributed by atoms with Gasteiger partial charge >= 0.3 is 0 Å². The third kappa shape index (κ3) is 3.34. The Morgan fingerprint density at radius 1 is 0.929 bits per heavy atom. The van der Waals surface area contributed by atoms with Gasteiger partial charge in [-0.2, -0.15) is 0 Å². The second-order valence-corrected chi connectivity index (χ2v) is 7.41. The van der Waals surface area contributed by atoms with E-state index in [0.717, 1.165) is 27.7 Å². The summed E-state index contributed by atoms with van der Waals surface area (Å²) in [6.45, 7) is 6.60. The molecule has 2 heterocycles. The zero-order valence-corrected chi connectivity index (χ0v) is 16.3. The first-order valence-electron chi connectivity index (χ1n) is 9.76. The first-order chi connectivity index (χ1) is 13.6. The van der Waals surface area contributed by atoms with Crippen molar-refractivity contribution in [3.8, 4) is 0 Å². The van der Waals surface area contributed by atoms with E-state index in [1.54, 1.807) is 0 Å². The molecule has 0 bridgehead atoms. The Hall–Kier alpha value is -2.92. The fourth-order valence-corrected chi connectivity index (χ4v) is 4.04. The number of carbonyl (C=O) groups excluding carboxylic acids is 2. The lowest BCUT2D eigenvalue weighted by Crippen LogP contribution is -2.53. The maximum atomic E-state index is 13.2. The third-order valence-electron chi connectivity index (χ3n) is 5.69. The molecule has 1 aliphatic rings. The van der Waals surface area contributed by atoms with Crippen molar-refractivity contribution in [1.82, 2.24) is 14.8 Å². The molecule has 1 N–H and O–H groups in total. The molecule has 1 fully saturated rings. The highest BCUT2D eigenvalue weighted by molar-refractivity contribution is 6.11. The number of nitrogens with one attached hydrogen (secondary N) is 1. The number of ketones is 1. The van der Waals surface area contributed by atoms with Gasteiger partial charge in [0.15, 0.2) is 5.78 Å². The van der Waals surface area contributed by atoms with Gasteiger partial charge in [-0.05, 0) is 32.0 Å². The summed E-state index contributed by atoms with van der Waals surface area (Å²) < 4.78 is 0. The Morgan fingerprint density at radius 3 is 2.29 bits per heavy atom. The first kappa shape index (κ1) is 18.4. The maximum Gasteiger partial charge on any atom is 0.253 e. The van der Waals surface area contributed by atoms with Gasteiger partial charge in [0.25, 0.3) is 5.91 Å². The molecule has 1 amide bonds. The van der Waals surface area contributed by atoms with E-state index in [9.17, 15) is 9.59 Å². The summed E-state index contributed by atoms with van der Waals surface area (Å²) in [5.74, 6) is 0.199. The number of benzene rings is 2. The summed E-state index contributed by atoms with van der Waals surface area (Å²) in [6.07, 6.45) is 0. The number of amides is 1. The van der Waals surface area contributed by atoms with E-state index < -0.39 is 0 Å². The van der Waals surface area contributed by atoms with Crippen LogP contribution in [0.15, 0.2) is 54.6 Å². The largest absolute Gasteiger partial charge is 0.358 e. The zero-order chi connectivity index (χ0) is 19.7. The summed E-state index contributed by atoms with van der Waals surface area (Å²) in [4.78, 5) is 33.2. The normalized spacial score (nSPS) is 16.3. The SMILES string of the molecule is Cc1[nH]c2ccccc2c1C(=O)C(C)N1CCN(C(=O)c2ccccc2)CC1. The lowest BCUT2D eigenvalue weighted by molar-refractivity contribution is 0.0552. The molecule has 2 aromatic carbocycles. The molecule has 1 unspecified atom stereocenters. The van der Waals surface area contributed by atoms with Crippen molar-refractivity contribution in [2.75, 3.05) is 26.2 Å². The van der Waals surface area contributed by atoms with Crippen LogP contribution in [0.1, 0.15) is 33.3 Å². The van der Waals surface area contributed by atoms with Crippen LogP contribution in [0.4, 0.5) is 0 Å². The van der Waals surface area contributed by atoms with E-state index in [1.807, 2.05) is 73.3 Å². The van der Waals surface area contributed by atoms with Crippen LogP contribution in [-0.2, 0) is 0 Å². The summed E-state index contributed by atoms with van der Waals surface area (Å²) >= 11 is 0. The van der Waals surface area contributed by atoms with Crippen molar-refractivity contribution in [3.05, 3.63) is 71.4 Å². The molecule has 0 spiro atoms. The molecule has 1 atom stereocenters. The summed E-state index contributed by atoms with van der Waals surface area (Å²) in [5.41, 5.74) is 3.41. The molecular formula is C23H25N3O2. The van der Waals surface area contributed by atoms with Gasteiger partial charge in [0.1, 0.15) is 0 Å². The molecule has 28 heavy (non-hydrogen) atoms. The summed E-state index contributed by atoms with van der Waals surface area (Å²) in [7, 11) is 0. The summed E-state index contributed by atoms with van der Waals surface area (Å²) in [6, 6.07) is 17.1. The maximum absolute atomic E-state index is 13.2. The number of aromatic amines is 1. The Bertz CT molecular complexity index is 1000. The van der Waals surface area contributed by atoms with Gasteiger partial charge in [0.05, 0.1) is 6.04 Å². The second kappa shape index (κ2) is 7.60. The molecule has 0 radical (unpaired) electrons. The number of aryl methyl sites for hydroxylation is 1. The molecule has 5 heteroatoms. The van der Waals surface area contributed by atoms with Crippen LogP contribution >= 0.6 is 0 Å². The minimum atomic E-state index is -0.216. The van der Waals surface area contributed by atoms with Gasteiger partial charge in [-0.3, -0.25) is 14.5 Å². The fraction of sp³-hybridized carbons (Fsp3) is 0.304. The van der Waals surface area contributed by atoms with Crippen LogP contribution in [0.25, 0.3) is 10.9 Å². The zero-order valence-electron chi connectivity index (χ0n) is 16.3. The van der Waals surface area contributed by atoms with Crippen LogP contribution < -0.4 is 0 Å². The van der Waals surface area contributed by atoms with Gasteiger partial charge in [-0.25, -0.2) is 0 Å². The van der Waals surface area contributed by atoms with E-state index in [-0.39, 0.29) is 17.7 Å². The van der Waals surface area contributed by atoms with Crippen LogP contribution in [0.5, 0.6) is 0 Å². The monoisotopic (exact) mass is 375 g/mol. The molecule has 144 valence electrons. The lowest BCUT2D eigenvalue weighted by Gasteiger charge is -2.37. The van der Waals surface area contributed by atoms with Gasteiger partial charge in [0.2, 0.25) is 0 Å². The van der Waals surface area contributed by atoms with Crippen LogP contribution in [0, 0.1) is 6.92 Å². The fourth-order valence-electron chi connectivity index (χ4n) is 4.04. The van der Waals surface area contributed by atoms with E-state index in [1.165, 1.54) is 0 Å². The molecule has 0 saturated carbocycles. The number of nitrogens with zero attached hydrogens (tertiary/aromatic N) is 2. The Labute approximate surface area is 165 Å². The first-order valence-corrected chi connectivity index (χ1v) is 9.76. The molecule has 1 aromatic heterocycles. The van der Waals surface area contributed by atoms with E-state index in [0.29, 0.717) is 26.2 Å². The van der Waals surface area contributed by atoms with Gasteiger partial charge in [0, 0.05) is 53.9 Å². The van der Waals surface area contributed by atoms with Gasteiger partial charge < -0.3 is 9.88 Å². The highest BCUT2D eigenvalue weighted by atomic mass is 16.2. The van der Waals surface area contributed by atoms with Crippen LogP contribution in [-0.4, -0.2) is 58.7 Å². The number of hydrogen-bond donors (Lipinski definition) is 1. The number of rotatable bonds is 4. The van der Waals surface area contributed by atoms with Crippen molar-refractivity contribution >= 4 is 22.6 Å². The van der Waals surface area contributed by atoms with E-state index in [4.69, 9.17) is 0 Å². The average Bonchev–Trinajstić information content (AvgIpc) is 3.08. The highest BCUT2D eigenvalue weighted by Crippen LogP contribution is 2.24. The molecule has 5 nitrogen and oxygen atoms in total. The number of aromatic nitrogens is 1. The predicted molar refractivity (Wildman–Crippen MR) is 111 cm³/mol. The van der Waals surface area contributed by atoms with Crippen molar-refractivity contribution in [1.29, 1.82) is 0 Å². The topological polar surface area (TPSA) is 56.4 Å². The quantitative estimate of drug-likeness (QED) is 0.710. The number of para-hydroxylation sites is 1. The predicted octanol–water partition coefficient (Wildman–Crippen LogP) is 3.51. The number of fused-ring (bicyclic) bond motifs is 1. The van der Waals surface area contributed by atoms with Crippen molar-refractivity contribution < 1.29 is 9.59 Å². The smallest absolute Gasteiger partial charge is 0.253 e. The van der Waals surface area contributed by atoms with Crippen molar-refractivity contribution in [2.45, 2.75) is 19.9 Å². The number of H-pyrrole nitrogens is 1. The lowest BCUT2D eigenvalue weighted by atomic mass is 10.0. The molecule has 3 aromatic rings. The minimum absolute atomic E-state index is 0.0618. The molecule has 1 aliphatic heterocycles. The molecule has 0 aliphatic carbocycles. The number of hydrogen-bond acceptors (Lipinski definition) is 3. The Morgan fingerprint density at radius 2 is 1.57 bits per heavy atom. The molecule has 1 saturated heterocycles. The average molecular weight is 375 g/mol. The Kier molecular flexibility index (Phi) is 5.01.